The number of para-hydroxylation sites is 1. The molecule has 4 nitrogen and oxygen atoms in total. The Labute approximate surface area is 160 Å². The molecule has 3 aromatic rings. The van der Waals surface area contributed by atoms with Gasteiger partial charge in [0.05, 0.1) is 10.9 Å². The van der Waals surface area contributed by atoms with Gasteiger partial charge in [-0.1, -0.05) is 51.3 Å². The summed E-state index contributed by atoms with van der Waals surface area (Å²) in [6, 6.07) is 11.6. The molecule has 1 aromatic carbocycles. The molecule has 0 aliphatic carbocycles. The van der Waals surface area contributed by atoms with Crippen LogP contribution in [-0.2, 0) is 0 Å². The van der Waals surface area contributed by atoms with Gasteiger partial charge in [0, 0.05) is 31.3 Å². The summed E-state index contributed by atoms with van der Waals surface area (Å²) in [6.45, 7) is 11.8. The molecule has 0 aliphatic rings. The summed E-state index contributed by atoms with van der Waals surface area (Å²) in [4.78, 5) is 17.1. The highest BCUT2D eigenvalue weighted by Gasteiger charge is 2.16. The van der Waals surface area contributed by atoms with Crippen LogP contribution in [0.2, 0.25) is 0 Å². The van der Waals surface area contributed by atoms with Gasteiger partial charge in [-0.15, -0.1) is 0 Å². The normalized spacial score (nSPS) is 11.6. The van der Waals surface area contributed by atoms with E-state index in [1.165, 1.54) is 0 Å². The number of benzene rings is 1. The van der Waals surface area contributed by atoms with Crippen molar-refractivity contribution in [3.63, 3.8) is 0 Å². The summed E-state index contributed by atoms with van der Waals surface area (Å²) in [5.41, 5.74) is 3.53. The number of hydrogen-bond donors (Lipinski definition) is 1. The molecule has 138 valence electrons. The third-order valence-electron chi connectivity index (χ3n) is 4.37. The number of anilines is 1. The van der Waals surface area contributed by atoms with Crippen molar-refractivity contribution in [1.29, 1.82) is 0 Å². The summed E-state index contributed by atoms with van der Waals surface area (Å²) < 4.78 is 2.06. The second-order valence-corrected chi connectivity index (χ2v) is 6.53. The highest BCUT2D eigenvalue weighted by molar-refractivity contribution is 5.86. The first kappa shape index (κ1) is 18.4. The second-order valence-electron chi connectivity index (χ2n) is 6.53. The maximum Gasteiger partial charge on any atom is 0.193 e. The predicted molar refractivity (Wildman–Crippen MR) is 116 cm³/mol. The maximum absolute atomic E-state index is 12.8. The molecule has 0 aliphatic heterocycles. The number of aromatic nitrogens is 2. The van der Waals surface area contributed by atoms with Gasteiger partial charge in [0.2, 0.25) is 0 Å². The van der Waals surface area contributed by atoms with Crippen molar-refractivity contribution in [2.75, 3.05) is 5.32 Å². The van der Waals surface area contributed by atoms with Crippen LogP contribution in [0.5, 0.6) is 0 Å². The fourth-order valence-corrected chi connectivity index (χ4v) is 3.08. The highest BCUT2D eigenvalue weighted by atomic mass is 16.1. The zero-order valence-electron chi connectivity index (χ0n) is 15.6. The quantitative estimate of drug-likeness (QED) is 0.598. The standard InChI is InChI=1S/C23H23N3O.H2/c1-5-10-17(6-2)25-22-13-21(27)20-15-24-14-19(16(3)4)23(20)26(22)18-11-8-7-9-12-18;/h5-16,25H,1-2H2,3-4H3;1H/b17-10+;. The summed E-state index contributed by atoms with van der Waals surface area (Å²) in [5, 5.41) is 3.91. The summed E-state index contributed by atoms with van der Waals surface area (Å²) in [7, 11) is 0. The molecule has 2 heterocycles. The van der Waals surface area contributed by atoms with E-state index in [1.54, 1.807) is 24.4 Å². The third kappa shape index (κ3) is 3.60. The molecule has 0 saturated heterocycles. The SMILES string of the molecule is C=C/C=C(\C=C)Nc1cc(=O)c2cncc(C(C)C)c2n1-c1ccccc1.[HH]. The van der Waals surface area contributed by atoms with Gasteiger partial charge in [0.25, 0.3) is 0 Å². The number of nitrogens with zero attached hydrogens (tertiary/aromatic N) is 2. The highest BCUT2D eigenvalue weighted by Crippen LogP contribution is 2.29. The topological polar surface area (TPSA) is 46.9 Å². The Balaban J connectivity index is 0.00000280. The lowest BCUT2D eigenvalue weighted by atomic mass is 10.0. The summed E-state index contributed by atoms with van der Waals surface area (Å²) >= 11 is 0. The van der Waals surface area contributed by atoms with Crippen LogP contribution >= 0.6 is 0 Å². The first-order valence-corrected chi connectivity index (χ1v) is 8.88. The van der Waals surface area contributed by atoms with Gasteiger partial charge in [0.15, 0.2) is 5.43 Å². The Morgan fingerprint density at radius 2 is 1.96 bits per heavy atom. The van der Waals surface area contributed by atoms with Crippen LogP contribution in [0.25, 0.3) is 16.6 Å². The lowest BCUT2D eigenvalue weighted by molar-refractivity contribution is 0.859. The fraction of sp³-hybridized carbons (Fsp3) is 0.130. The average molecular weight is 359 g/mol. The smallest absolute Gasteiger partial charge is 0.193 e. The summed E-state index contributed by atoms with van der Waals surface area (Å²) in [6.07, 6.45) is 8.67. The van der Waals surface area contributed by atoms with E-state index in [-0.39, 0.29) is 12.8 Å². The van der Waals surface area contributed by atoms with Gasteiger partial charge in [-0.25, -0.2) is 0 Å². The van der Waals surface area contributed by atoms with E-state index in [0.717, 1.165) is 22.5 Å². The molecule has 4 heteroatoms. The van der Waals surface area contributed by atoms with Gasteiger partial charge >= 0.3 is 0 Å². The molecule has 2 aromatic heterocycles. The molecular weight excluding hydrogens is 334 g/mol. The Hall–Kier alpha value is -3.40. The molecule has 3 rings (SSSR count). The van der Waals surface area contributed by atoms with Crippen LogP contribution < -0.4 is 10.7 Å². The Morgan fingerprint density at radius 1 is 1.22 bits per heavy atom. The minimum atomic E-state index is -0.0725. The second kappa shape index (κ2) is 7.87. The van der Waals surface area contributed by atoms with Crippen molar-refractivity contribution >= 4 is 16.7 Å². The lowest BCUT2D eigenvalue weighted by Gasteiger charge is -2.21. The van der Waals surface area contributed by atoms with Crippen molar-refractivity contribution in [2.24, 2.45) is 0 Å². The molecular formula is C23H25N3O. The molecule has 0 atom stereocenters. The first-order chi connectivity index (χ1) is 13.1. The lowest BCUT2D eigenvalue weighted by Crippen LogP contribution is -2.15. The fourth-order valence-electron chi connectivity index (χ4n) is 3.08. The number of allylic oxidation sites excluding steroid dienone is 3. The molecule has 0 saturated carbocycles. The van der Waals surface area contributed by atoms with Crippen LogP contribution in [0.3, 0.4) is 0 Å². The van der Waals surface area contributed by atoms with Gasteiger partial charge in [-0.3, -0.25) is 14.3 Å². The van der Waals surface area contributed by atoms with Crippen LogP contribution in [0.4, 0.5) is 5.82 Å². The van der Waals surface area contributed by atoms with Crippen LogP contribution in [0.15, 0.2) is 90.7 Å². The number of rotatable bonds is 6. The minimum Gasteiger partial charge on any atom is -0.341 e. The van der Waals surface area contributed by atoms with Crippen molar-refractivity contribution in [3.05, 3.63) is 102 Å². The van der Waals surface area contributed by atoms with E-state index >= 15 is 0 Å². The van der Waals surface area contributed by atoms with Crippen molar-refractivity contribution in [2.45, 2.75) is 19.8 Å². The largest absolute Gasteiger partial charge is 0.341 e. The van der Waals surface area contributed by atoms with Gasteiger partial charge in [-0.05, 0) is 35.8 Å². The van der Waals surface area contributed by atoms with E-state index in [2.05, 4.69) is 41.9 Å². The minimum absolute atomic E-state index is 0. The molecule has 0 unspecified atom stereocenters. The van der Waals surface area contributed by atoms with Gasteiger partial charge in [0.1, 0.15) is 5.82 Å². The molecule has 0 fully saturated rings. The van der Waals surface area contributed by atoms with E-state index in [0.29, 0.717) is 11.2 Å². The molecule has 0 bridgehead atoms. The van der Waals surface area contributed by atoms with Crippen LogP contribution in [-0.4, -0.2) is 9.55 Å². The van der Waals surface area contributed by atoms with Gasteiger partial charge in [-0.2, -0.15) is 0 Å². The molecule has 0 spiro atoms. The zero-order chi connectivity index (χ0) is 19.4. The molecule has 0 radical (unpaired) electrons. The van der Waals surface area contributed by atoms with Crippen LogP contribution in [0, 0.1) is 0 Å². The van der Waals surface area contributed by atoms with E-state index in [1.807, 2.05) is 42.6 Å². The first-order valence-electron chi connectivity index (χ1n) is 8.88. The van der Waals surface area contributed by atoms with E-state index in [9.17, 15) is 4.79 Å². The molecule has 1 N–H and O–H groups in total. The Morgan fingerprint density at radius 3 is 2.59 bits per heavy atom. The number of fused-ring (bicyclic) bond motifs is 1. The Bertz CT molecular complexity index is 1080. The third-order valence-corrected chi connectivity index (χ3v) is 4.37. The number of hydrogen-bond acceptors (Lipinski definition) is 3. The number of pyridine rings is 2. The maximum atomic E-state index is 12.8. The molecule has 0 amide bonds. The van der Waals surface area contributed by atoms with Crippen molar-refractivity contribution in [3.8, 4) is 5.69 Å². The van der Waals surface area contributed by atoms with E-state index < -0.39 is 0 Å². The Kier molecular flexibility index (Phi) is 5.36. The van der Waals surface area contributed by atoms with E-state index in [4.69, 9.17) is 0 Å². The van der Waals surface area contributed by atoms with Crippen LogP contribution in [0.1, 0.15) is 26.8 Å². The van der Waals surface area contributed by atoms with Crippen molar-refractivity contribution in [1.82, 2.24) is 9.55 Å². The summed E-state index contributed by atoms with van der Waals surface area (Å²) in [5.74, 6) is 0.883. The average Bonchev–Trinajstić information content (AvgIpc) is 2.68. The number of nitrogens with one attached hydrogen (secondary N) is 1. The van der Waals surface area contributed by atoms with Crippen molar-refractivity contribution < 1.29 is 1.43 Å². The monoisotopic (exact) mass is 359 g/mol. The molecule has 27 heavy (non-hydrogen) atoms. The zero-order valence-corrected chi connectivity index (χ0v) is 15.6. The van der Waals surface area contributed by atoms with Gasteiger partial charge < -0.3 is 5.32 Å². The predicted octanol–water partition coefficient (Wildman–Crippen LogP) is 5.42.